The van der Waals surface area contributed by atoms with Crippen LogP contribution in [0.5, 0.6) is 0 Å². The maximum absolute atomic E-state index is 12.8. The van der Waals surface area contributed by atoms with Crippen molar-refractivity contribution in [1.82, 2.24) is 5.32 Å². The summed E-state index contributed by atoms with van der Waals surface area (Å²) in [4.78, 5) is 24.0. The Morgan fingerprint density at radius 3 is 1.76 bits per heavy atom. The molecule has 9 heteroatoms. The standard InChI is InChI=1S/C28H36F3NO4Si/c1-26(2,3)36-24(33)23(32-25(34)28(29,30)31)19-13-14-20-35-37(27(4,5)6,21-15-9-7-10-16-21)22-17-11-8-12-18-22/h7-18,23H,19-20H2,1-6H3,(H,32,34)/b14-13-. The van der Waals surface area contributed by atoms with Crippen LogP contribution in [0.2, 0.25) is 5.04 Å². The van der Waals surface area contributed by atoms with Gasteiger partial charge in [-0.1, -0.05) is 93.6 Å². The van der Waals surface area contributed by atoms with Crippen LogP contribution in [-0.4, -0.2) is 44.6 Å². The first-order valence-corrected chi connectivity index (χ1v) is 14.0. The Morgan fingerprint density at radius 1 is 0.865 bits per heavy atom. The summed E-state index contributed by atoms with van der Waals surface area (Å²) in [5, 5.41) is 3.67. The summed E-state index contributed by atoms with van der Waals surface area (Å²) < 4.78 is 50.4. The van der Waals surface area contributed by atoms with E-state index in [1.807, 2.05) is 36.4 Å². The van der Waals surface area contributed by atoms with Gasteiger partial charge in [0.05, 0.1) is 6.61 Å². The van der Waals surface area contributed by atoms with Crippen molar-refractivity contribution in [1.29, 1.82) is 0 Å². The first kappa shape index (κ1) is 30.3. The topological polar surface area (TPSA) is 64.6 Å². The molecule has 0 aliphatic rings. The van der Waals surface area contributed by atoms with Gasteiger partial charge in [-0.2, -0.15) is 13.2 Å². The highest BCUT2D eigenvalue weighted by Crippen LogP contribution is 2.36. The Bertz CT molecular complexity index is 1020. The van der Waals surface area contributed by atoms with E-state index in [1.165, 1.54) is 6.08 Å². The average Bonchev–Trinajstić information content (AvgIpc) is 2.79. The predicted octanol–water partition coefficient (Wildman–Crippen LogP) is 4.90. The smallest absolute Gasteiger partial charge is 0.458 e. The Hall–Kier alpha value is -2.91. The van der Waals surface area contributed by atoms with Crippen LogP contribution in [0.15, 0.2) is 72.8 Å². The van der Waals surface area contributed by atoms with Crippen molar-refractivity contribution in [3.63, 3.8) is 0 Å². The number of benzene rings is 2. The average molecular weight is 536 g/mol. The van der Waals surface area contributed by atoms with Gasteiger partial charge in [0.1, 0.15) is 11.6 Å². The number of carbonyl (C=O) groups is 2. The van der Waals surface area contributed by atoms with Crippen molar-refractivity contribution >= 4 is 30.6 Å². The molecule has 2 aromatic rings. The zero-order valence-electron chi connectivity index (χ0n) is 22.2. The molecule has 0 radical (unpaired) electrons. The fourth-order valence-electron chi connectivity index (χ4n) is 4.06. The molecule has 0 fully saturated rings. The molecule has 1 amide bonds. The molecule has 2 rings (SSSR count). The van der Waals surface area contributed by atoms with E-state index in [9.17, 15) is 22.8 Å². The van der Waals surface area contributed by atoms with Gasteiger partial charge in [-0.3, -0.25) is 4.79 Å². The summed E-state index contributed by atoms with van der Waals surface area (Å²) in [6.45, 7) is 11.4. The third kappa shape index (κ3) is 8.29. The van der Waals surface area contributed by atoms with Crippen LogP contribution in [0.25, 0.3) is 0 Å². The fraction of sp³-hybridized carbons (Fsp3) is 0.429. The molecule has 0 bridgehead atoms. The first-order valence-electron chi connectivity index (χ1n) is 12.1. The lowest BCUT2D eigenvalue weighted by atomic mass is 10.1. The number of hydrogen-bond acceptors (Lipinski definition) is 4. The fourth-order valence-corrected chi connectivity index (χ4v) is 8.56. The number of halogens is 3. The second kappa shape index (κ2) is 12.1. The zero-order valence-corrected chi connectivity index (χ0v) is 23.2. The second-order valence-electron chi connectivity index (χ2n) is 10.7. The number of hydrogen-bond donors (Lipinski definition) is 1. The van der Waals surface area contributed by atoms with Crippen molar-refractivity contribution in [2.45, 2.75) is 70.8 Å². The minimum Gasteiger partial charge on any atom is -0.458 e. The summed E-state index contributed by atoms with van der Waals surface area (Å²) >= 11 is 0. The van der Waals surface area contributed by atoms with Crippen LogP contribution in [0.1, 0.15) is 48.0 Å². The third-order valence-electron chi connectivity index (χ3n) is 5.61. The molecule has 0 aromatic heterocycles. The molecule has 0 heterocycles. The monoisotopic (exact) mass is 535 g/mol. The van der Waals surface area contributed by atoms with Crippen molar-refractivity contribution in [2.75, 3.05) is 6.61 Å². The summed E-state index contributed by atoms with van der Waals surface area (Å²) in [6, 6.07) is 18.5. The van der Waals surface area contributed by atoms with E-state index < -0.39 is 38.0 Å². The molecule has 1 atom stereocenters. The SMILES string of the molecule is CC(C)(C)OC(=O)C(C/C=C\CO[Si](c1ccccc1)(c1ccccc1)C(C)(C)C)NC(=O)C(F)(F)F. The van der Waals surface area contributed by atoms with E-state index in [-0.39, 0.29) is 18.1 Å². The Balaban J connectivity index is 2.28. The highest BCUT2D eigenvalue weighted by Gasteiger charge is 2.50. The number of rotatable bonds is 9. The minimum absolute atomic E-state index is 0.168. The number of ether oxygens (including phenoxy) is 1. The highest BCUT2D eigenvalue weighted by molar-refractivity contribution is 6.99. The van der Waals surface area contributed by atoms with Gasteiger partial charge >= 0.3 is 18.1 Å². The van der Waals surface area contributed by atoms with E-state index in [1.54, 1.807) is 32.2 Å². The van der Waals surface area contributed by atoms with Crippen LogP contribution in [0.3, 0.4) is 0 Å². The summed E-state index contributed by atoms with van der Waals surface area (Å²) in [6.07, 6.45) is -2.10. The normalized spacial score (nSPS) is 13.9. The van der Waals surface area contributed by atoms with Crippen molar-refractivity contribution < 1.29 is 31.9 Å². The van der Waals surface area contributed by atoms with Crippen LogP contribution in [0, 0.1) is 0 Å². The molecule has 0 saturated carbocycles. The Kier molecular flexibility index (Phi) is 9.90. The largest absolute Gasteiger partial charge is 0.471 e. The Morgan fingerprint density at radius 2 is 1.35 bits per heavy atom. The van der Waals surface area contributed by atoms with E-state index >= 15 is 0 Å². The Labute approximate surface area is 218 Å². The van der Waals surface area contributed by atoms with Crippen LogP contribution < -0.4 is 15.7 Å². The lowest BCUT2D eigenvalue weighted by Gasteiger charge is -2.42. The zero-order chi connectivity index (χ0) is 27.9. The molecule has 1 unspecified atom stereocenters. The molecule has 37 heavy (non-hydrogen) atoms. The summed E-state index contributed by atoms with van der Waals surface area (Å²) in [5.74, 6) is -3.14. The number of nitrogens with one attached hydrogen (secondary N) is 1. The quantitative estimate of drug-likeness (QED) is 0.282. The van der Waals surface area contributed by atoms with Gasteiger partial charge in [-0.25, -0.2) is 4.79 Å². The number of amides is 1. The molecule has 5 nitrogen and oxygen atoms in total. The molecule has 0 aliphatic heterocycles. The molecule has 202 valence electrons. The maximum atomic E-state index is 12.8. The molecular formula is C28H36F3NO4Si. The van der Waals surface area contributed by atoms with Crippen molar-refractivity contribution in [3.8, 4) is 0 Å². The van der Waals surface area contributed by atoms with E-state index in [2.05, 4.69) is 45.0 Å². The van der Waals surface area contributed by atoms with E-state index in [4.69, 9.17) is 9.16 Å². The van der Waals surface area contributed by atoms with Gasteiger partial charge in [0.25, 0.3) is 8.32 Å². The van der Waals surface area contributed by atoms with Gasteiger partial charge in [0.2, 0.25) is 0 Å². The van der Waals surface area contributed by atoms with Crippen LogP contribution >= 0.6 is 0 Å². The lowest BCUT2D eigenvalue weighted by Crippen LogP contribution is -2.66. The number of alkyl halides is 3. The molecule has 1 N–H and O–H groups in total. The van der Waals surface area contributed by atoms with Gasteiger partial charge < -0.3 is 14.5 Å². The van der Waals surface area contributed by atoms with Gasteiger partial charge in [0.15, 0.2) is 0 Å². The second-order valence-corrected chi connectivity index (χ2v) is 15.0. The summed E-state index contributed by atoms with van der Waals surface area (Å²) in [5.41, 5.74) is -0.922. The highest BCUT2D eigenvalue weighted by atomic mass is 28.4. The molecule has 2 aromatic carbocycles. The number of carbonyl (C=O) groups excluding carboxylic acids is 2. The molecular weight excluding hydrogens is 499 g/mol. The van der Waals surface area contributed by atoms with Crippen molar-refractivity contribution in [3.05, 3.63) is 72.8 Å². The number of esters is 1. The predicted molar refractivity (Wildman–Crippen MR) is 141 cm³/mol. The maximum Gasteiger partial charge on any atom is 0.471 e. The van der Waals surface area contributed by atoms with Crippen LogP contribution in [0.4, 0.5) is 13.2 Å². The lowest BCUT2D eigenvalue weighted by molar-refractivity contribution is -0.177. The third-order valence-corrected chi connectivity index (χ3v) is 10.6. The first-order chi connectivity index (χ1) is 17.1. The van der Waals surface area contributed by atoms with Crippen molar-refractivity contribution in [2.24, 2.45) is 0 Å². The summed E-state index contributed by atoms with van der Waals surface area (Å²) in [7, 11) is -2.79. The van der Waals surface area contributed by atoms with Gasteiger partial charge in [-0.05, 0) is 42.6 Å². The molecule has 0 saturated heterocycles. The molecule has 0 aliphatic carbocycles. The van der Waals surface area contributed by atoms with Gasteiger partial charge in [0, 0.05) is 0 Å². The van der Waals surface area contributed by atoms with E-state index in [0.717, 1.165) is 10.4 Å². The van der Waals surface area contributed by atoms with Crippen LogP contribution in [-0.2, 0) is 18.8 Å². The minimum atomic E-state index is -5.11. The van der Waals surface area contributed by atoms with E-state index in [0.29, 0.717) is 0 Å². The molecule has 0 spiro atoms. The van der Waals surface area contributed by atoms with Gasteiger partial charge in [-0.15, -0.1) is 0 Å².